The van der Waals surface area contributed by atoms with Crippen LogP contribution in [-0.2, 0) is 5.41 Å². The van der Waals surface area contributed by atoms with Gasteiger partial charge in [-0.1, -0.05) is 44.5 Å². The number of rotatable bonds is 2. The van der Waals surface area contributed by atoms with E-state index >= 15 is 0 Å². The van der Waals surface area contributed by atoms with Gasteiger partial charge in [-0.15, -0.1) is 0 Å². The first-order valence-corrected chi connectivity index (χ1v) is 4.62. The Morgan fingerprint density at radius 1 is 1.50 bits per heavy atom. The van der Waals surface area contributed by atoms with Gasteiger partial charge in [-0.05, 0) is 23.5 Å². The van der Waals surface area contributed by atoms with E-state index in [0.717, 1.165) is 6.42 Å². The summed E-state index contributed by atoms with van der Waals surface area (Å²) in [6.45, 7) is 6.63. The fourth-order valence-corrected chi connectivity index (χ4v) is 1.24. The zero-order valence-electron chi connectivity index (χ0n) is 7.82. The Balaban J connectivity index is 3.03. The number of hydrogen-bond acceptors (Lipinski definition) is 0. The van der Waals surface area contributed by atoms with Crippen LogP contribution >= 0.6 is 11.6 Å². The summed E-state index contributed by atoms with van der Waals surface area (Å²) in [5, 5.41) is 0.703. The zero-order valence-corrected chi connectivity index (χ0v) is 8.57. The van der Waals surface area contributed by atoms with Gasteiger partial charge >= 0.3 is 0 Å². The molecule has 0 aliphatic rings. The second-order valence-corrected chi connectivity index (χ2v) is 4.07. The van der Waals surface area contributed by atoms with E-state index in [4.69, 9.17) is 11.6 Å². The van der Waals surface area contributed by atoms with Crippen molar-refractivity contribution in [2.45, 2.75) is 32.6 Å². The molecule has 12 heavy (non-hydrogen) atoms. The van der Waals surface area contributed by atoms with Crippen LogP contribution in [-0.4, -0.2) is 0 Å². The highest BCUT2D eigenvalue weighted by atomic mass is 35.5. The van der Waals surface area contributed by atoms with Crippen LogP contribution in [0.1, 0.15) is 32.8 Å². The highest BCUT2D eigenvalue weighted by molar-refractivity contribution is 6.30. The van der Waals surface area contributed by atoms with Gasteiger partial charge in [0.25, 0.3) is 0 Å². The van der Waals surface area contributed by atoms with E-state index in [-0.39, 0.29) is 5.41 Å². The molecule has 0 amide bonds. The van der Waals surface area contributed by atoms with Crippen LogP contribution < -0.4 is 0 Å². The topological polar surface area (TPSA) is 0 Å². The molecule has 0 unspecified atom stereocenters. The molecule has 0 atom stereocenters. The van der Waals surface area contributed by atoms with Crippen molar-refractivity contribution in [2.24, 2.45) is 0 Å². The lowest BCUT2D eigenvalue weighted by Crippen LogP contribution is -2.14. The molecule has 0 saturated heterocycles. The molecule has 0 aliphatic carbocycles. The first-order valence-electron chi connectivity index (χ1n) is 4.24. The molecule has 0 spiro atoms. The second kappa shape index (κ2) is 3.49. The SMILES string of the molecule is CCC(C)(C)c1cc[c]c(Cl)c1. The fourth-order valence-electron chi connectivity index (χ4n) is 1.06. The lowest BCUT2D eigenvalue weighted by atomic mass is 9.82. The zero-order chi connectivity index (χ0) is 9.19. The van der Waals surface area contributed by atoms with Crippen molar-refractivity contribution >= 4 is 11.6 Å². The Morgan fingerprint density at radius 2 is 2.17 bits per heavy atom. The average Bonchev–Trinajstić information content (AvgIpc) is 2.05. The summed E-state index contributed by atoms with van der Waals surface area (Å²) in [5.74, 6) is 0. The smallest absolute Gasteiger partial charge is 0.0487 e. The molecule has 1 heteroatoms. The summed E-state index contributed by atoms with van der Waals surface area (Å²) in [4.78, 5) is 0. The molecule has 0 saturated carbocycles. The standard InChI is InChI=1S/C11H14Cl/c1-4-11(2,3)9-6-5-7-10(12)8-9/h5-6,8H,4H2,1-3H3. The predicted octanol–water partition coefficient (Wildman–Crippen LogP) is 3.83. The van der Waals surface area contributed by atoms with Crippen LogP contribution in [0.3, 0.4) is 0 Å². The summed E-state index contributed by atoms with van der Waals surface area (Å²) >= 11 is 5.85. The van der Waals surface area contributed by atoms with E-state index in [1.165, 1.54) is 5.56 Å². The quantitative estimate of drug-likeness (QED) is 0.651. The number of benzene rings is 1. The molecule has 0 N–H and O–H groups in total. The summed E-state index contributed by atoms with van der Waals surface area (Å²) in [6, 6.07) is 8.89. The van der Waals surface area contributed by atoms with Gasteiger partial charge in [0.2, 0.25) is 0 Å². The predicted molar refractivity (Wildman–Crippen MR) is 53.6 cm³/mol. The lowest BCUT2D eigenvalue weighted by Gasteiger charge is -2.23. The molecular weight excluding hydrogens is 168 g/mol. The molecule has 0 fully saturated rings. The Morgan fingerprint density at radius 3 is 2.67 bits per heavy atom. The summed E-state index contributed by atoms with van der Waals surface area (Å²) < 4.78 is 0. The normalized spacial score (nSPS) is 11.7. The van der Waals surface area contributed by atoms with Crippen molar-refractivity contribution in [3.63, 3.8) is 0 Å². The Kier molecular flexibility index (Phi) is 2.79. The van der Waals surface area contributed by atoms with Gasteiger partial charge in [0, 0.05) is 11.1 Å². The monoisotopic (exact) mass is 181 g/mol. The third-order valence-corrected chi connectivity index (χ3v) is 2.65. The highest BCUT2D eigenvalue weighted by Crippen LogP contribution is 2.27. The molecule has 65 valence electrons. The third kappa shape index (κ3) is 2.01. The van der Waals surface area contributed by atoms with Gasteiger partial charge in [-0.3, -0.25) is 0 Å². The van der Waals surface area contributed by atoms with Gasteiger partial charge in [0.15, 0.2) is 0 Å². The van der Waals surface area contributed by atoms with Gasteiger partial charge in [-0.2, -0.15) is 0 Å². The van der Waals surface area contributed by atoms with Crippen molar-refractivity contribution in [1.29, 1.82) is 0 Å². The molecule has 0 bridgehead atoms. The number of halogens is 1. The van der Waals surface area contributed by atoms with Gasteiger partial charge < -0.3 is 0 Å². The van der Waals surface area contributed by atoms with E-state index in [0.29, 0.717) is 5.02 Å². The lowest BCUT2D eigenvalue weighted by molar-refractivity contribution is 0.506. The van der Waals surface area contributed by atoms with Crippen LogP contribution in [0.25, 0.3) is 0 Å². The van der Waals surface area contributed by atoms with Crippen molar-refractivity contribution < 1.29 is 0 Å². The van der Waals surface area contributed by atoms with Crippen molar-refractivity contribution in [1.82, 2.24) is 0 Å². The van der Waals surface area contributed by atoms with Crippen LogP contribution in [0.2, 0.25) is 5.02 Å². The van der Waals surface area contributed by atoms with E-state index in [1.54, 1.807) is 0 Å². The minimum atomic E-state index is 0.221. The summed E-state index contributed by atoms with van der Waals surface area (Å²) in [7, 11) is 0. The highest BCUT2D eigenvalue weighted by Gasteiger charge is 2.17. The molecule has 0 nitrogen and oxygen atoms in total. The maximum absolute atomic E-state index is 5.85. The minimum Gasteiger partial charge on any atom is -0.0837 e. The van der Waals surface area contributed by atoms with E-state index in [2.05, 4.69) is 32.9 Å². The van der Waals surface area contributed by atoms with E-state index < -0.39 is 0 Å². The molecule has 1 radical (unpaired) electrons. The average molecular weight is 182 g/mol. The first kappa shape index (κ1) is 9.60. The van der Waals surface area contributed by atoms with Gasteiger partial charge in [0.1, 0.15) is 0 Å². The largest absolute Gasteiger partial charge is 0.0837 e. The van der Waals surface area contributed by atoms with Crippen LogP contribution in [0.15, 0.2) is 18.2 Å². The Hall–Kier alpha value is -0.490. The molecule has 1 rings (SSSR count). The first-order chi connectivity index (χ1) is 5.56. The van der Waals surface area contributed by atoms with Crippen LogP contribution in [0.5, 0.6) is 0 Å². The molecule has 0 heterocycles. The van der Waals surface area contributed by atoms with Crippen molar-refractivity contribution in [2.75, 3.05) is 0 Å². The molecule has 1 aromatic rings. The van der Waals surface area contributed by atoms with E-state index in [9.17, 15) is 0 Å². The summed E-state index contributed by atoms with van der Waals surface area (Å²) in [5.41, 5.74) is 1.51. The van der Waals surface area contributed by atoms with Crippen molar-refractivity contribution in [3.8, 4) is 0 Å². The second-order valence-electron chi connectivity index (χ2n) is 3.66. The van der Waals surface area contributed by atoms with Crippen LogP contribution in [0.4, 0.5) is 0 Å². The Bertz CT molecular complexity index is 263. The van der Waals surface area contributed by atoms with Gasteiger partial charge in [-0.25, -0.2) is 0 Å². The fraction of sp³-hybridized carbons (Fsp3) is 0.455. The van der Waals surface area contributed by atoms with Crippen LogP contribution in [0, 0.1) is 6.07 Å². The third-order valence-electron chi connectivity index (χ3n) is 2.43. The summed E-state index contributed by atoms with van der Waals surface area (Å²) in [6.07, 6.45) is 1.12. The Labute approximate surface area is 79.6 Å². The van der Waals surface area contributed by atoms with Gasteiger partial charge in [0.05, 0.1) is 0 Å². The maximum atomic E-state index is 5.85. The minimum absolute atomic E-state index is 0.221. The van der Waals surface area contributed by atoms with E-state index in [1.807, 2.05) is 12.1 Å². The van der Waals surface area contributed by atoms with Crippen molar-refractivity contribution in [3.05, 3.63) is 34.9 Å². The molecule has 0 aromatic heterocycles. The number of hydrogen-bond donors (Lipinski definition) is 0. The molecule has 1 aromatic carbocycles. The molecular formula is C11H14Cl. The molecule has 0 aliphatic heterocycles. The maximum Gasteiger partial charge on any atom is 0.0487 e.